The molecule has 0 spiro atoms. The molecule has 2 heterocycles. The number of thiazole rings is 1. The molecule has 0 radical (unpaired) electrons. The highest BCUT2D eigenvalue weighted by molar-refractivity contribution is 7.91. The van der Waals surface area contributed by atoms with Crippen LogP contribution in [0.25, 0.3) is 0 Å². The number of sulfonamides is 1. The summed E-state index contributed by atoms with van der Waals surface area (Å²) in [7, 11) is -3.73. The number of nitrogens with one attached hydrogen (secondary N) is 1. The van der Waals surface area contributed by atoms with Gasteiger partial charge in [-0.2, -0.15) is 0 Å². The molecule has 0 saturated heterocycles. The molecule has 102 valence electrons. The van der Waals surface area contributed by atoms with Crippen molar-refractivity contribution in [3.63, 3.8) is 0 Å². The lowest BCUT2D eigenvalue weighted by atomic mass is 10.4. The van der Waals surface area contributed by atoms with Gasteiger partial charge in [0.1, 0.15) is 9.22 Å². The van der Waals surface area contributed by atoms with Crippen molar-refractivity contribution >= 4 is 38.7 Å². The predicted molar refractivity (Wildman–Crippen MR) is 72.1 cm³/mol. The Morgan fingerprint density at radius 2 is 2.21 bits per heavy atom. The largest absolute Gasteiger partial charge is 0.478 e. The average Bonchev–Trinajstić information content (AvgIpc) is 3.00. The minimum Gasteiger partial charge on any atom is -0.478 e. The summed E-state index contributed by atoms with van der Waals surface area (Å²) in [6, 6.07) is 0.685. The van der Waals surface area contributed by atoms with E-state index in [1.165, 1.54) is 16.7 Å². The molecule has 9 heteroatoms. The zero-order valence-electron chi connectivity index (χ0n) is 9.73. The van der Waals surface area contributed by atoms with Gasteiger partial charge in [-0.3, -0.25) is 0 Å². The van der Waals surface area contributed by atoms with Crippen molar-refractivity contribution in [1.82, 2.24) is 9.71 Å². The van der Waals surface area contributed by atoms with Gasteiger partial charge in [-0.1, -0.05) is 0 Å². The molecule has 6 nitrogen and oxygen atoms in total. The summed E-state index contributed by atoms with van der Waals surface area (Å²) in [5, 5.41) is 12.5. The van der Waals surface area contributed by atoms with E-state index in [1.54, 1.807) is 18.5 Å². The van der Waals surface area contributed by atoms with E-state index >= 15 is 0 Å². The molecule has 19 heavy (non-hydrogen) atoms. The van der Waals surface area contributed by atoms with Crippen LogP contribution in [0.1, 0.15) is 28.3 Å². The maximum atomic E-state index is 12.1. The number of hydrogen-bond donors (Lipinski definition) is 2. The average molecular weight is 318 g/mol. The third-order valence-corrected chi connectivity index (χ3v) is 6.18. The lowest BCUT2D eigenvalue weighted by Crippen LogP contribution is -2.26. The molecule has 0 aliphatic heterocycles. The second kappa shape index (κ2) is 5.37. The number of thiophene rings is 1. The molecule has 1 unspecified atom stereocenters. The summed E-state index contributed by atoms with van der Waals surface area (Å²) in [4.78, 5) is 14.8. The van der Waals surface area contributed by atoms with Crippen molar-refractivity contribution in [3.05, 3.63) is 33.6 Å². The number of nitrogens with zero attached hydrogens (tertiary/aromatic N) is 1. The number of hydrogen-bond acceptors (Lipinski definition) is 6. The molecular weight excluding hydrogens is 308 g/mol. The van der Waals surface area contributed by atoms with E-state index in [0.29, 0.717) is 5.01 Å². The third kappa shape index (κ3) is 3.18. The zero-order valence-corrected chi connectivity index (χ0v) is 12.2. The summed E-state index contributed by atoms with van der Waals surface area (Å²) in [6.07, 6.45) is 1.60. The van der Waals surface area contributed by atoms with Gasteiger partial charge in [0.15, 0.2) is 0 Å². The Balaban J connectivity index is 2.20. The molecule has 0 amide bonds. The van der Waals surface area contributed by atoms with Crippen LogP contribution in [0.2, 0.25) is 0 Å². The van der Waals surface area contributed by atoms with Crippen LogP contribution < -0.4 is 4.72 Å². The lowest BCUT2D eigenvalue weighted by Gasteiger charge is -2.10. The van der Waals surface area contributed by atoms with Crippen molar-refractivity contribution in [2.45, 2.75) is 17.2 Å². The minimum atomic E-state index is -3.73. The molecule has 2 aromatic rings. The quantitative estimate of drug-likeness (QED) is 0.878. The SMILES string of the molecule is CC(NS(=O)(=O)c1cc(C(=O)O)cs1)c1nccs1. The number of carboxylic acids is 1. The number of aromatic carboxylic acids is 1. The fourth-order valence-corrected chi connectivity index (χ4v) is 4.46. The topological polar surface area (TPSA) is 96.4 Å². The molecule has 1 atom stereocenters. The summed E-state index contributed by atoms with van der Waals surface area (Å²) < 4.78 is 26.6. The number of rotatable bonds is 5. The fraction of sp³-hybridized carbons (Fsp3) is 0.200. The minimum absolute atomic E-state index is 0.0201. The van der Waals surface area contributed by atoms with Gasteiger partial charge in [0.05, 0.1) is 11.6 Å². The summed E-state index contributed by atoms with van der Waals surface area (Å²) in [5.41, 5.74) is -0.0349. The lowest BCUT2D eigenvalue weighted by molar-refractivity contribution is 0.0697. The van der Waals surface area contributed by atoms with Crippen LogP contribution in [-0.4, -0.2) is 24.5 Å². The highest BCUT2D eigenvalue weighted by atomic mass is 32.2. The van der Waals surface area contributed by atoms with Crippen LogP contribution in [0.3, 0.4) is 0 Å². The van der Waals surface area contributed by atoms with E-state index < -0.39 is 22.0 Å². The van der Waals surface area contributed by atoms with Gasteiger partial charge < -0.3 is 5.11 Å². The van der Waals surface area contributed by atoms with Crippen molar-refractivity contribution in [2.75, 3.05) is 0 Å². The monoisotopic (exact) mass is 318 g/mol. The van der Waals surface area contributed by atoms with Gasteiger partial charge >= 0.3 is 5.97 Å². The Kier molecular flexibility index (Phi) is 3.99. The smallest absolute Gasteiger partial charge is 0.336 e. The van der Waals surface area contributed by atoms with Crippen LogP contribution >= 0.6 is 22.7 Å². The second-order valence-corrected chi connectivity index (χ2v) is 7.45. The first-order valence-electron chi connectivity index (χ1n) is 5.13. The molecule has 2 N–H and O–H groups in total. The maximum absolute atomic E-state index is 12.1. The summed E-state index contributed by atoms with van der Waals surface area (Å²) in [6.45, 7) is 1.68. The highest BCUT2D eigenvalue weighted by Crippen LogP contribution is 2.23. The van der Waals surface area contributed by atoms with E-state index in [2.05, 4.69) is 9.71 Å². The van der Waals surface area contributed by atoms with Crippen molar-refractivity contribution < 1.29 is 18.3 Å². The third-order valence-electron chi connectivity index (χ3n) is 2.24. The second-order valence-electron chi connectivity index (χ2n) is 3.67. The van der Waals surface area contributed by atoms with E-state index in [0.717, 1.165) is 17.4 Å². The van der Waals surface area contributed by atoms with E-state index in [9.17, 15) is 13.2 Å². The van der Waals surface area contributed by atoms with Gasteiger partial charge in [0.2, 0.25) is 0 Å². The first-order chi connectivity index (χ1) is 8.90. The standard InChI is InChI=1S/C10H10N2O4S3/c1-6(9-11-2-3-17-9)12-19(15,16)8-4-7(5-18-8)10(13)14/h2-6,12H,1H3,(H,13,14). The Morgan fingerprint density at radius 1 is 1.47 bits per heavy atom. The van der Waals surface area contributed by atoms with E-state index in [4.69, 9.17) is 5.11 Å². The van der Waals surface area contributed by atoms with Crippen LogP contribution in [0.5, 0.6) is 0 Å². The zero-order chi connectivity index (χ0) is 14.0. The molecule has 2 aromatic heterocycles. The van der Waals surface area contributed by atoms with E-state index in [-0.39, 0.29) is 9.77 Å². The van der Waals surface area contributed by atoms with Gasteiger partial charge in [0.25, 0.3) is 10.0 Å². The molecule has 2 rings (SSSR count). The van der Waals surface area contributed by atoms with Crippen LogP contribution in [0.4, 0.5) is 0 Å². The van der Waals surface area contributed by atoms with Gasteiger partial charge in [-0.25, -0.2) is 22.9 Å². The Labute approximate surface area is 117 Å². The first kappa shape index (κ1) is 14.1. The van der Waals surface area contributed by atoms with Crippen LogP contribution in [-0.2, 0) is 10.0 Å². The molecule has 0 bridgehead atoms. The van der Waals surface area contributed by atoms with E-state index in [1.807, 2.05) is 0 Å². The highest BCUT2D eigenvalue weighted by Gasteiger charge is 2.22. The molecule has 0 saturated carbocycles. The van der Waals surface area contributed by atoms with Gasteiger partial charge in [-0.15, -0.1) is 22.7 Å². The van der Waals surface area contributed by atoms with Crippen molar-refractivity contribution in [3.8, 4) is 0 Å². The Hall–Kier alpha value is -1.29. The number of carboxylic acid groups (broad SMARTS) is 1. The molecule has 0 aliphatic rings. The summed E-state index contributed by atoms with van der Waals surface area (Å²) in [5.74, 6) is -1.15. The molecule has 0 aliphatic carbocycles. The maximum Gasteiger partial charge on any atom is 0.336 e. The van der Waals surface area contributed by atoms with Gasteiger partial charge in [-0.05, 0) is 13.0 Å². The van der Waals surface area contributed by atoms with Crippen molar-refractivity contribution in [1.29, 1.82) is 0 Å². The van der Waals surface area contributed by atoms with Crippen LogP contribution in [0, 0.1) is 0 Å². The molecule has 0 fully saturated rings. The number of aromatic nitrogens is 1. The first-order valence-corrected chi connectivity index (χ1v) is 8.38. The van der Waals surface area contributed by atoms with Crippen molar-refractivity contribution in [2.24, 2.45) is 0 Å². The molecule has 0 aromatic carbocycles. The molecular formula is C10H10N2O4S3. The normalized spacial score (nSPS) is 13.3. The van der Waals surface area contributed by atoms with Gasteiger partial charge in [0, 0.05) is 17.0 Å². The number of carbonyl (C=O) groups is 1. The summed E-state index contributed by atoms with van der Waals surface area (Å²) >= 11 is 2.22. The predicted octanol–water partition coefficient (Wildman–Crippen LogP) is 1.94. The van der Waals surface area contributed by atoms with Crippen LogP contribution in [0.15, 0.2) is 27.2 Å². The Morgan fingerprint density at radius 3 is 2.74 bits per heavy atom. The Bertz CT molecular complexity index is 675. The fourth-order valence-electron chi connectivity index (χ4n) is 1.36.